The van der Waals surface area contributed by atoms with E-state index in [0.717, 1.165) is 18.3 Å². The molecule has 0 aliphatic rings. The Hall–Kier alpha value is -3.09. The minimum atomic E-state index is -1.40. The third kappa shape index (κ3) is 2.68. The van der Waals surface area contributed by atoms with Gasteiger partial charge in [0.25, 0.3) is 0 Å². The molecule has 5 nitrogen and oxygen atoms in total. The number of para-hydroxylation sites is 1. The second-order valence-electron chi connectivity index (χ2n) is 4.92. The topological polar surface area (TPSA) is 72.2 Å². The molecule has 116 valence electrons. The first-order valence-corrected chi connectivity index (χ1v) is 6.63. The third-order valence-electron chi connectivity index (χ3n) is 3.42. The van der Waals surface area contributed by atoms with Crippen LogP contribution in [0.3, 0.4) is 0 Å². The van der Waals surface area contributed by atoms with Crippen molar-refractivity contribution < 1.29 is 18.7 Å². The molecular weight excluding hydrogens is 306 g/mol. The Morgan fingerprint density at radius 2 is 1.96 bits per heavy atom. The summed E-state index contributed by atoms with van der Waals surface area (Å²) in [6, 6.07) is 7.67. The molecule has 23 heavy (non-hydrogen) atoms. The maximum atomic E-state index is 14.0. The summed E-state index contributed by atoms with van der Waals surface area (Å²) < 4.78 is 28.7. The number of halogens is 2. The molecule has 1 heterocycles. The van der Waals surface area contributed by atoms with Crippen molar-refractivity contribution in [1.82, 2.24) is 9.78 Å². The molecule has 0 saturated carbocycles. The second kappa shape index (κ2) is 5.60. The van der Waals surface area contributed by atoms with E-state index in [1.165, 1.54) is 28.9 Å². The summed E-state index contributed by atoms with van der Waals surface area (Å²) >= 11 is 0. The first-order valence-electron chi connectivity index (χ1n) is 6.63. The van der Waals surface area contributed by atoms with Crippen LogP contribution in [0.4, 0.5) is 8.78 Å². The van der Waals surface area contributed by atoms with Crippen LogP contribution in [-0.2, 0) is 6.54 Å². The fourth-order valence-electron chi connectivity index (χ4n) is 2.35. The molecular formula is C16H10F2N2O3. The Labute approximate surface area is 128 Å². The monoisotopic (exact) mass is 316 g/mol. The van der Waals surface area contributed by atoms with E-state index in [2.05, 4.69) is 5.10 Å². The number of fused-ring (bicyclic) bond motifs is 1. The quantitative estimate of drug-likeness (QED) is 0.805. The molecule has 0 unspecified atom stereocenters. The summed E-state index contributed by atoms with van der Waals surface area (Å²) in [5.74, 6) is -2.87. The molecule has 0 aliphatic carbocycles. The van der Waals surface area contributed by atoms with Gasteiger partial charge in [-0.3, -0.25) is 9.48 Å². The number of aromatic nitrogens is 2. The predicted octanol–water partition coefficient (Wildman–Crippen LogP) is 2.42. The van der Waals surface area contributed by atoms with Crippen LogP contribution in [-0.4, -0.2) is 20.9 Å². The Kier molecular flexibility index (Phi) is 3.61. The first kappa shape index (κ1) is 14.8. The van der Waals surface area contributed by atoms with Crippen molar-refractivity contribution in [2.75, 3.05) is 0 Å². The fourth-order valence-corrected chi connectivity index (χ4v) is 2.35. The number of rotatable bonds is 3. The standard InChI is InChI=1S/C16H10F2N2O3/c17-12-5-4-9(6-11(12)16(22)23)8-20-15-10(14(21)7-19-20)2-1-3-13(15)18/h1-7H,8H2,(H,22,23). The summed E-state index contributed by atoms with van der Waals surface area (Å²) in [5, 5.41) is 13.0. The molecule has 2 aromatic carbocycles. The van der Waals surface area contributed by atoms with Gasteiger partial charge in [0.2, 0.25) is 5.43 Å². The van der Waals surface area contributed by atoms with E-state index in [1.54, 1.807) is 0 Å². The highest BCUT2D eigenvalue weighted by molar-refractivity contribution is 5.88. The minimum Gasteiger partial charge on any atom is -0.478 e. The molecule has 3 aromatic rings. The van der Waals surface area contributed by atoms with Crippen LogP contribution in [0.5, 0.6) is 0 Å². The molecule has 7 heteroatoms. The minimum absolute atomic E-state index is 0.00171. The molecule has 0 radical (unpaired) electrons. The number of carbonyl (C=O) groups is 1. The number of hydrogen-bond acceptors (Lipinski definition) is 3. The molecule has 0 aliphatic heterocycles. The number of benzene rings is 2. The van der Waals surface area contributed by atoms with Gasteiger partial charge < -0.3 is 5.11 Å². The van der Waals surface area contributed by atoms with Crippen LogP contribution in [0.2, 0.25) is 0 Å². The van der Waals surface area contributed by atoms with Crippen LogP contribution in [0.25, 0.3) is 10.9 Å². The summed E-state index contributed by atoms with van der Waals surface area (Å²) in [4.78, 5) is 22.7. The van der Waals surface area contributed by atoms with Crippen molar-refractivity contribution in [1.29, 1.82) is 0 Å². The number of carboxylic acids is 1. The summed E-state index contributed by atoms with van der Waals surface area (Å²) in [6.45, 7) is -0.00171. The number of nitrogens with zero attached hydrogens (tertiary/aromatic N) is 2. The van der Waals surface area contributed by atoms with Gasteiger partial charge in [0.05, 0.1) is 23.7 Å². The SMILES string of the molecule is O=C(O)c1cc(Cn2ncc(=O)c3cccc(F)c32)ccc1F. The van der Waals surface area contributed by atoms with E-state index in [4.69, 9.17) is 5.11 Å². The van der Waals surface area contributed by atoms with E-state index < -0.39 is 28.6 Å². The van der Waals surface area contributed by atoms with Crippen molar-refractivity contribution >= 4 is 16.9 Å². The van der Waals surface area contributed by atoms with Crippen LogP contribution in [0.1, 0.15) is 15.9 Å². The number of aromatic carboxylic acids is 1. The van der Waals surface area contributed by atoms with Crippen molar-refractivity contribution in [2.24, 2.45) is 0 Å². The lowest BCUT2D eigenvalue weighted by Crippen LogP contribution is -2.14. The van der Waals surface area contributed by atoms with Crippen LogP contribution < -0.4 is 5.43 Å². The van der Waals surface area contributed by atoms with Crippen molar-refractivity contribution in [2.45, 2.75) is 6.54 Å². The first-order chi connectivity index (χ1) is 11.0. The zero-order valence-electron chi connectivity index (χ0n) is 11.7. The average molecular weight is 316 g/mol. The molecule has 1 N–H and O–H groups in total. The summed E-state index contributed by atoms with van der Waals surface area (Å²) in [6.07, 6.45) is 1.06. The number of hydrogen-bond donors (Lipinski definition) is 1. The van der Waals surface area contributed by atoms with E-state index in [9.17, 15) is 18.4 Å². The Morgan fingerprint density at radius 1 is 1.17 bits per heavy atom. The fraction of sp³-hybridized carbons (Fsp3) is 0.0625. The van der Waals surface area contributed by atoms with Crippen molar-refractivity contribution in [3.05, 3.63) is 75.6 Å². The van der Waals surface area contributed by atoms with Gasteiger partial charge in [0.15, 0.2) is 0 Å². The van der Waals surface area contributed by atoms with Gasteiger partial charge in [-0.05, 0) is 29.8 Å². The molecule has 0 saturated heterocycles. The van der Waals surface area contributed by atoms with Crippen LogP contribution in [0.15, 0.2) is 47.4 Å². The van der Waals surface area contributed by atoms with Crippen molar-refractivity contribution in [3.63, 3.8) is 0 Å². The lowest BCUT2D eigenvalue weighted by atomic mass is 10.1. The zero-order chi connectivity index (χ0) is 16.6. The summed E-state index contributed by atoms with van der Waals surface area (Å²) in [5.41, 5.74) is -0.458. The van der Waals surface area contributed by atoms with Gasteiger partial charge in [-0.15, -0.1) is 0 Å². The molecule has 0 spiro atoms. The van der Waals surface area contributed by atoms with E-state index in [0.29, 0.717) is 5.56 Å². The van der Waals surface area contributed by atoms with E-state index in [1.807, 2.05) is 0 Å². The normalized spacial score (nSPS) is 10.9. The molecule has 0 bridgehead atoms. The van der Waals surface area contributed by atoms with E-state index in [-0.39, 0.29) is 17.4 Å². The molecule has 0 atom stereocenters. The highest BCUT2D eigenvalue weighted by atomic mass is 19.1. The van der Waals surface area contributed by atoms with Gasteiger partial charge in [-0.2, -0.15) is 5.10 Å². The van der Waals surface area contributed by atoms with Crippen molar-refractivity contribution in [3.8, 4) is 0 Å². The van der Waals surface area contributed by atoms with E-state index >= 15 is 0 Å². The van der Waals surface area contributed by atoms with Crippen LogP contribution in [0, 0.1) is 11.6 Å². The molecule has 0 fully saturated rings. The second-order valence-corrected chi connectivity index (χ2v) is 4.92. The Bertz CT molecular complexity index is 983. The zero-order valence-corrected chi connectivity index (χ0v) is 11.7. The maximum Gasteiger partial charge on any atom is 0.338 e. The predicted molar refractivity (Wildman–Crippen MR) is 78.4 cm³/mol. The highest BCUT2D eigenvalue weighted by Gasteiger charge is 2.13. The number of carboxylic acid groups (broad SMARTS) is 1. The highest BCUT2D eigenvalue weighted by Crippen LogP contribution is 2.16. The van der Waals surface area contributed by atoms with Crippen LogP contribution >= 0.6 is 0 Å². The molecule has 0 amide bonds. The largest absolute Gasteiger partial charge is 0.478 e. The lowest BCUT2D eigenvalue weighted by molar-refractivity contribution is 0.0691. The molecule has 3 rings (SSSR count). The third-order valence-corrected chi connectivity index (χ3v) is 3.42. The summed E-state index contributed by atoms with van der Waals surface area (Å²) in [7, 11) is 0. The van der Waals surface area contributed by atoms with Gasteiger partial charge in [0.1, 0.15) is 17.2 Å². The maximum absolute atomic E-state index is 14.0. The Balaban J connectivity index is 2.13. The average Bonchev–Trinajstić information content (AvgIpc) is 2.52. The molecule has 1 aromatic heterocycles. The lowest BCUT2D eigenvalue weighted by Gasteiger charge is -2.10. The smallest absolute Gasteiger partial charge is 0.338 e. The van der Waals surface area contributed by atoms with Gasteiger partial charge >= 0.3 is 5.97 Å². The Morgan fingerprint density at radius 3 is 2.70 bits per heavy atom. The van der Waals surface area contributed by atoms with Gasteiger partial charge in [-0.25, -0.2) is 13.6 Å². The van der Waals surface area contributed by atoms with Gasteiger partial charge in [-0.1, -0.05) is 12.1 Å². The van der Waals surface area contributed by atoms with Gasteiger partial charge in [0, 0.05) is 0 Å².